The Labute approximate surface area is 171 Å². The Kier molecular flexibility index (Phi) is 5.18. The molecule has 29 heavy (non-hydrogen) atoms. The summed E-state index contributed by atoms with van der Waals surface area (Å²) in [7, 11) is 0. The van der Waals surface area contributed by atoms with Gasteiger partial charge in [-0.2, -0.15) is 0 Å². The average Bonchev–Trinajstić information content (AvgIpc) is 3.44. The second-order valence-electron chi connectivity index (χ2n) is 6.67. The maximum atomic E-state index is 12.9. The molecule has 2 aromatic heterocycles. The Balaban J connectivity index is 1.52. The highest BCUT2D eigenvalue weighted by molar-refractivity contribution is 7.18. The fourth-order valence-corrected chi connectivity index (χ4v) is 4.21. The number of hydrogen-bond acceptors (Lipinski definition) is 5. The highest BCUT2D eigenvalue weighted by Gasteiger charge is 2.25. The van der Waals surface area contributed by atoms with Crippen molar-refractivity contribution in [2.24, 2.45) is 0 Å². The maximum absolute atomic E-state index is 12.9. The molecule has 0 radical (unpaired) electrons. The van der Waals surface area contributed by atoms with Gasteiger partial charge >= 0.3 is 0 Å². The molecule has 3 aromatic rings. The molecule has 1 fully saturated rings. The third kappa shape index (κ3) is 3.93. The van der Waals surface area contributed by atoms with Crippen LogP contribution in [0.3, 0.4) is 0 Å². The number of para-hydroxylation sites is 2. The van der Waals surface area contributed by atoms with Gasteiger partial charge in [-0.15, -0.1) is 11.3 Å². The lowest BCUT2D eigenvalue weighted by Crippen LogP contribution is -2.25. The number of thiophene rings is 1. The van der Waals surface area contributed by atoms with Crippen LogP contribution in [0.5, 0.6) is 0 Å². The van der Waals surface area contributed by atoms with E-state index in [1.54, 1.807) is 29.2 Å². The van der Waals surface area contributed by atoms with Crippen molar-refractivity contribution in [1.29, 1.82) is 0 Å². The van der Waals surface area contributed by atoms with Crippen LogP contribution >= 0.6 is 11.3 Å². The molecule has 1 aliphatic rings. The Morgan fingerprint density at radius 2 is 1.93 bits per heavy atom. The predicted octanol–water partition coefficient (Wildman–Crippen LogP) is 4.28. The number of carbonyl (C=O) groups is 3. The smallest absolute Gasteiger partial charge is 0.291 e. The fraction of sp³-hybridized carbons (Fsp3) is 0.190. The molecule has 0 spiro atoms. The Bertz CT molecular complexity index is 1070. The van der Waals surface area contributed by atoms with Crippen molar-refractivity contribution in [3.05, 3.63) is 64.9 Å². The van der Waals surface area contributed by atoms with E-state index in [1.807, 2.05) is 25.1 Å². The molecule has 0 bridgehead atoms. The van der Waals surface area contributed by atoms with Crippen LogP contribution in [-0.4, -0.2) is 24.3 Å². The summed E-state index contributed by atoms with van der Waals surface area (Å²) in [6.45, 7) is 2.45. The van der Waals surface area contributed by atoms with Crippen molar-refractivity contribution < 1.29 is 18.8 Å². The molecular weight excluding hydrogens is 390 g/mol. The highest BCUT2D eigenvalue weighted by atomic mass is 32.1. The van der Waals surface area contributed by atoms with Crippen molar-refractivity contribution in [3.63, 3.8) is 0 Å². The van der Waals surface area contributed by atoms with Gasteiger partial charge in [0.15, 0.2) is 5.76 Å². The van der Waals surface area contributed by atoms with Crippen molar-refractivity contribution in [3.8, 4) is 0 Å². The molecule has 148 valence electrons. The van der Waals surface area contributed by atoms with Gasteiger partial charge in [-0.25, -0.2) is 0 Å². The van der Waals surface area contributed by atoms with Gasteiger partial charge in [0.2, 0.25) is 5.91 Å². The molecule has 3 heterocycles. The Morgan fingerprint density at radius 1 is 1.10 bits per heavy atom. The largest absolute Gasteiger partial charge is 0.459 e. The van der Waals surface area contributed by atoms with Crippen molar-refractivity contribution in [1.82, 2.24) is 0 Å². The van der Waals surface area contributed by atoms with Gasteiger partial charge < -0.3 is 20.0 Å². The molecule has 1 aromatic carbocycles. The van der Waals surface area contributed by atoms with Crippen LogP contribution in [0.4, 0.5) is 16.4 Å². The molecule has 7 nitrogen and oxygen atoms in total. The van der Waals surface area contributed by atoms with Gasteiger partial charge in [0.25, 0.3) is 11.8 Å². The zero-order valence-corrected chi connectivity index (χ0v) is 16.5. The molecular formula is C21H19N3O4S. The van der Waals surface area contributed by atoms with Crippen LogP contribution in [0.25, 0.3) is 0 Å². The topological polar surface area (TPSA) is 91.7 Å². The number of amides is 3. The third-order valence-corrected chi connectivity index (χ3v) is 5.77. The van der Waals surface area contributed by atoms with Gasteiger partial charge in [-0.3, -0.25) is 14.4 Å². The van der Waals surface area contributed by atoms with Gasteiger partial charge in [-0.1, -0.05) is 12.1 Å². The number of furan rings is 1. The molecule has 0 saturated carbocycles. The number of carbonyl (C=O) groups excluding carboxylic acids is 3. The quantitative estimate of drug-likeness (QED) is 0.658. The first-order valence-corrected chi connectivity index (χ1v) is 10.0. The summed E-state index contributed by atoms with van der Waals surface area (Å²) in [4.78, 5) is 39.3. The van der Waals surface area contributed by atoms with Gasteiger partial charge in [0.1, 0.15) is 0 Å². The minimum absolute atomic E-state index is 0.0573. The summed E-state index contributed by atoms with van der Waals surface area (Å²) in [5.74, 6) is -0.403. The SMILES string of the molecule is Cc1cc(NC(=O)c2ccco2)sc1C(=O)Nc1ccccc1N1CCCC1=O. The Hall–Kier alpha value is -3.39. The van der Waals surface area contributed by atoms with Crippen LogP contribution in [0, 0.1) is 6.92 Å². The molecule has 8 heteroatoms. The van der Waals surface area contributed by atoms with E-state index >= 15 is 0 Å². The highest BCUT2D eigenvalue weighted by Crippen LogP contribution is 2.32. The van der Waals surface area contributed by atoms with Crippen molar-refractivity contribution in [2.75, 3.05) is 22.1 Å². The van der Waals surface area contributed by atoms with E-state index in [2.05, 4.69) is 10.6 Å². The standard InChI is InChI=1S/C21H19N3O4S/c1-13-12-17(23-20(26)16-8-5-11-28-16)29-19(13)21(27)22-14-6-2-3-7-15(14)24-10-4-9-18(24)25/h2-3,5-8,11-12H,4,9-10H2,1H3,(H,22,27)(H,23,26). The van der Waals surface area contributed by atoms with Crippen LogP contribution in [0.1, 0.15) is 38.6 Å². The van der Waals surface area contributed by atoms with E-state index in [9.17, 15) is 14.4 Å². The summed E-state index contributed by atoms with van der Waals surface area (Å²) < 4.78 is 5.08. The number of hydrogen-bond donors (Lipinski definition) is 2. The fourth-order valence-electron chi connectivity index (χ4n) is 3.25. The zero-order chi connectivity index (χ0) is 20.4. The lowest BCUT2D eigenvalue weighted by Gasteiger charge is -2.19. The van der Waals surface area contributed by atoms with Gasteiger partial charge in [-0.05, 0) is 49.2 Å². The van der Waals surface area contributed by atoms with Gasteiger partial charge in [0, 0.05) is 13.0 Å². The van der Waals surface area contributed by atoms with Crippen molar-refractivity contribution >= 4 is 45.4 Å². The molecule has 4 rings (SSSR count). The summed E-state index contributed by atoms with van der Waals surface area (Å²) in [5.41, 5.74) is 2.03. The van der Waals surface area contributed by atoms with Gasteiger partial charge in [0.05, 0.1) is 27.5 Å². The van der Waals surface area contributed by atoms with Crippen LogP contribution in [0.15, 0.2) is 53.1 Å². The predicted molar refractivity (Wildman–Crippen MR) is 112 cm³/mol. The number of rotatable bonds is 5. The second-order valence-corrected chi connectivity index (χ2v) is 7.73. The van der Waals surface area contributed by atoms with E-state index in [-0.39, 0.29) is 23.5 Å². The van der Waals surface area contributed by atoms with E-state index in [4.69, 9.17) is 4.42 Å². The van der Waals surface area contributed by atoms with E-state index in [0.717, 1.165) is 12.0 Å². The summed E-state index contributed by atoms with van der Waals surface area (Å²) in [5, 5.41) is 6.20. The molecule has 2 N–H and O–H groups in total. The van der Waals surface area contributed by atoms with Crippen LogP contribution in [-0.2, 0) is 4.79 Å². The number of nitrogens with one attached hydrogen (secondary N) is 2. The number of benzene rings is 1. The van der Waals surface area contributed by atoms with E-state index in [1.165, 1.54) is 17.6 Å². The summed E-state index contributed by atoms with van der Waals surface area (Å²) in [6.07, 6.45) is 2.75. The van der Waals surface area contributed by atoms with Crippen LogP contribution < -0.4 is 15.5 Å². The zero-order valence-electron chi connectivity index (χ0n) is 15.7. The monoisotopic (exact) mass is 409 g/mol. The first kappa shape index (κ1) is 18.9. The van der Waals surface area contributed by atoms with E-state index < -0.39 is 0 Å². The summed E-state index contributed by atoms with van der Waals surface area (Å²) in [6, 6.07) is 12.2. The number of anilines is 3. The lowest BCUT2D eigenvalue weighted by molar-refractivity contribution is -0.117. The summed E-state index contributed by atoms with van der Waals surface area (Å²) >= 11 is 1.18. The number of aryl methyl sites for hydroxylation is 1. The molecule has 3 amide bonds. The lowest BCUT2D eigenvalue weighted by atomic mass is 10.2. The first-order valence-electron chi connectivity index (χ1n) is 9.19. The molecule has 0 atom stereocenters. The minimum Gasteiger partial charge on any atom is -0.459 e. The minimum atomic E-state index is -0.374. The number of nitrogens with zero attached hydrogens (tertiary/aromatic N) is 1. The molecule has 0 unspecified atom stereocenters. The third-order valence-electron chi connectivity index (χ3n) is 4.62. The molecule has 0 aliphatic carbocycles. The maximum Gasteiger partial charge on any atom is 0.291 e. The Morgan fingerprint density at radius 3 is 2.66 bits per heavy atom. The first-order chi connectivity index (χ1) is 14.0. The second kappa shape index (κ2) is 7.92. The normalized spacial score (nSPS) is 13.6. The average molecular weight is 409 g/mol. The van der Waals surface area contributed by atoms with Crippen molar-refractivity contribution in [2.45, 2.75) is 19.8 Å². The molecule has 1 aliphatic heterocycles. The van der Waals surface area contributed by atoms with E-state index in [0.29, 0.717) is 34.2 Å². The van der Waals surface area contributed by atoms with Crippen LogP contribution in [0.2, 0.25) is 0 Å². The molecule has 1 saturated heterocycles.